The van der Waals surface area contributed by atoms with Crippen LogP contribution in [0.15, 0.2) is 17.9 Å². The van der Waals surface area contributed by atoms with Crippen LogP contribution in [0.1, 0.15) is 62.9 Å². The molecule has 1 aromatic heterocycles. The number of methoxy groups -OCH3 is 1. The Morgan fingerprint density at radius 2 is 1.78 bits per heavy atom. The predicted molar refractivity (Wildman–Crippen MR) is 110 cm³/mol. The summed E-state index contributed by atoms with van der Waals surface area (Å²) in [5.41, 5.74) is 5.10. The third-order valence-corrected chi connectivity index (χ3v) is 6.27. The Bertz CT molecular complexity index is 745. The molecule has 1 aromatic rings. The first-order valence-corrected chi connectivity index (χ1v) is 10.5. The van der Waals surface area contributed by atoms with Gasteiger partial charge in [-0.15, -0.1) is 0 Å². The Labute approximate surface area is 162 Å². The van der Waals surface area contributed by atoms with Crippen LogP contribution in [0, 0.1) is 0 Å². The van der Waals surface area contributed by atoms with Crippen molar-refractivity contribution in [3.8, 4) is 0 Å². The van der Waals surface area contributed by atoms with Crippen molar-refractivity contribution in [2.45, 2.75) is 70.9 Å². The van der Waals surface area contributed by atoms with E-state index in [2.05, 4.69) is 36.2 Å². The van der Waals surface area contributed by atoms with E-state index in [0.717, 1.165) is 50.5 Å². The molecule has 3 heterocycles. The predicted octanol–water partition coefficient (Wildman–Crippen LogP) is 3.64. The number of ether oxygens (including phenoxy) is 1. The SMILES string of the molecule is COC1=CC=C(c2nc(N3[C@H](C)CCC[C@@H]3C)nc3c2CCNCC3)CC1. The van der Waals surface area contributed by atoms with Crippen LogP contribution in [0.4, 0.5) is 5.95 Å². The van der Waals surface area contributed by atoms with Gasteiger partial charge in [-0.25, -0.2) is 9.97 Å². The van der Waals surface area contributed by atoms with Gasteiger partial charge in [-0.2, -0.15) is 0 Å². The fourth-order valence-corrected chi connectivity index (χ4v) is 4.71. The molecule has 27 heavy (non-hydrogen) atoms. The summed E-state index contributed by atoms with van der Waals surface area (Å²) in [6, 6.07) is 1.01. The summed E-state index contributed by atoms with van der Waals surface area (Å²) in [4.78, 5) is 12.7. The second-order valence-corrected chi connectivity index (χ2v) is 8.11. The number of anilines is 1. The lowest BCUT2D eigenvalue weighted by Gasteiger charge is -2.39. The van der Waals surface area contributed by atoms with E-state index in [0.29, 0.717) is 12.1 Å². The molecule has 5 nitrogen and oxygen atoms in total. The summed E-state index contributed by atoms with van der Waals surface area (Å²) in [5.74, 6) is 1.99. The normalized spacial score (nSPS) is 26.0. The van der Waals surface area contributed by atoms with Gasteiger partial charge in [-0.1, -0.05) is 6.08 Å². The third-order valence-electron chi connectivity index (χ3n) is 6.27. The van der Waals surface area contributed by atoms with Crippen LogP contribution in [-0.2, 0) is 17.6 Å². The standard InChI is InChI=1S/C22H32N4O/c1-15-5-4-6-16(2)26(15)22-24-20-12-14-23-13-11-19(20)21(25-22)17-7-9-18(27-3)10-8-17/h7,9,15-16,23H,4-6,8,10-14H2,1-3H3/t15-,16+. The summed E-state index contributed by atoms with van der Waals surface area (Å²) in [6.45, 7) is 6.64. The molecule has 0 bridgehead atoms. The highest BCUT2D eigenvalue weighted by Crippen LogP contribution is 2.33. The summed E-state index contributed by atoms with van der Waals surface area (Å²) in [7, 11) is 1.75. The molecule has 0 radical (unpaired) electrons. The smallest absolute Gasteiger partial charge is 0.226 e. The second-order valence-electron chi connectivity index (χ2n) is 8.11. The molecule has 0 unspecified atom stereocenters. The molecule has 3 aliphatic rings. The average Bonchev–Trinajstić information content (AvgIpc) is 2.93. The molecule has 0 amide bonds. The molecule has 0 spiro atoms. The number of rotatable bonds is 3. The molecule has 1 aliphatic carbocycles. The molecule has 0 aromatic carbocycles. The Morgan fingerprint density at radius 3 is 2.48 bits per heavy atom. The summed E-state index contributed by atoms with van der Waals surface area (Å²) in [6.07, 6.45) is 12.0. The van der Waals surface area contributed by atoms with E-state index in [4.69, 9.17) is 14.7 Å². The van der Waals surface area contributed by atoms with Crippen LogP contribution in [0.3, 0.4) is 0 Å². The zero-order chi connectivity index (χ0) is 18.8. The number of hydrogen-bond donors (Lipinski definition) is 1. The molecule has 1 saturated heterocycles. The second kappa shape index (κ2) is 8.01. The van der Waals surface area contributed by atoms with E-state index < -0.39 is 0 Å². The highest BCUT2D eigenvalue weighted by atomic mass is 16.5. The van der Waals surface area contributed by atoms with Crippen molar-refractivity contribution >= 4 is 11.5 Å². The highest BCUT2D eigenvalue weighted by Gasteiger charge is 2.29. The van der Waals surface area contributed by atoms with Crippen molar-refractivity contribution in [3.63, 3.8) is 0 Å². The third kappa shape index (κ3) is 3.75. The van der Waals surface area contributed by atoms with E-state index in [-0.39, 0.29) is 0 Å². The van der Waals surface area contributed by atoms with Gasteiger partial charge in [-0.05, 0) is 64.1 Å². The van der Waals surface area contributed by atoms with Gasteiger partial charge >= 0.3 is 0 Å². The molecular formula is C22H32N4O. The average molecular weight is 369 g/mol. The fraction of sp³-hybridized carbons (Fsp3) is 0.636. The number of fused-ring (bicyclic) bond motifs is 1. The molecule has 2 aliphatic heterocycles. The molecule has 4 rings (SSSR count). The maximum atomic E-state index is 5.42. The van der Waals surface area contributed by atoms with Crippen molar-refractivity contribution < 1.29 is 4.74 Å². The minimum atomic E-state index is 0.504. The minimum absolute atomic E-state index is 0.504. The van der Waals surface area contributed by atoms with Gasteiger partial charge in [0.2, 0.25) is 5.95 Å². The van der Waals surface area contributed by atoms with Gasteiger partial charge < -0.3 is 15.0 Å². The highest BCUT2D eigenvalue weighted by molar-refractivity contribution is 5.70. The van der Waals surface area contributed by atoms with E-state index >= 15 is 0 Å². The zero-order valence-electron chi connectivity index (χ0n) is 16.9. The molecule has 1 N–H and O–H groups in total. The van der Waals surface area contributed by atoms with Crippen molar-refractivity contribution in [3.05, 3.63) is 34.9 Å². The quantitative estimate of drug-likeness (QED) is 0.883. The van der Waals surface area contributed by atoms with E-state index in [1.165, 1.54) is 41.8 Å². The number of nitrogens with one attached hydrogen (secondary N) is 1. The first kappa shape index (κ1) is 18.5. The van der Waals surface area contributed by atoms with Crippen molar-refractivity contribution in [2.24, 2.45) is 0 Å². The number of hydrogen-bond acceptors (Lipinski definition) is 5. The Kier molecular flexibility index (Phi) is 5.48. The molecular weight excluding hydrogens is 336 g/mol. The van der Waals surface area contributed by atoms with Crippen molar-refractivity contribution in [1.29, 1.82) is 0 Å². The van der Waals surface area contributed by atoms with E-state index in [9.17, 15) is 0 Å². The van der Waals surface area contributed by atoms with Crippen LogP contribution in [0.5, 0.6) is 0 Å². The van der Waals surface area contributed by atoms with Crippen LogP contribution in [0.25, 0.3) is 5.57 Å². The summed E-state index contributed by atoms with van der Waals surface area (Å²) in [5, 5.41) is 3.52. The van der Waals surface area contributed by atoms with Gasteiger partial charge in [-0.3, -0.25) is 0 Å². The van der Waals surface area contributed by atoms with Gasteiger partial charge in [0.1, 0.15) is 0 Å². The number of allylic oxidation sites excluding steroid dienone is 4. The number of aromatic nitrogens is 2. The molecule has 0 saturated carbocycles. The Morgan fingerprint density at radius 1 is 1.00 bits per heavy atom. The monoisotopic (exact) mass is 368 g/mol. The van der Waals surface area contributed by atoms with Crippen LogP contribution in [-0.4, -0.2) is 42.3 Å². The van der Waals surface area contributed by atoms with Gasteiger partial charge in [0.15, 0.2) is 0 Å². The van der Waals surface area contributed by atoms with Crippen LogP contribution in [0.2, 0.25) is 0 Å². The van der Waals surface area contributed by atoms with Gasteiger partial charge in [0.25, 0.3) is 0 Å². The zero-order valence-corrected chi connectivity index (χ0v) is 16.9. The first-order chi connectivity index (χ1) is 13.2. The first-order valence-electron chi connectivity index (χ1n) is 10.5. The maximum Gasteiger partial charge on any atom is 0.226 e. The lowest BCUT2D eigenvalue weighted by molar-refractivity contribution is 0.277. The van der Waals surface area contributed by atoms with Gasteiger partial charge in [0.05, 0.1) is 24.3 Å². The summed E-state index contributed by atoms with van der Waals surface area (Å²) >= 11 is 0. The number of nitrogens with zero attached hydrogens (tertiary/aromatic N) is 3. The van der Waals surface area contributed by atoms with Gasteiger partial charge in [0, 0.05) is 37.0 Å². The number of piperidine rings is 1. The lowest BCUT2D eigenvalue weighted by Crippen LogP contribution is -2.45. The molecule has 5 heteroatoms. The van der Waals surface area contributed by atoms with Crippen LogP contribution >= 0.6 is 0 Å². The summed E-state index contributed by atoms with van der Waals surface area (Å²) < 4.78 is 5.42. The minimum Gasteiger partial charge on any atom is -0.501 e. The van der Waals surface area contributed by atoms with E-state index in [1.807, 2.05) is 0 Å². The van der Waals surface area contributed by atoms with E-state index in [1.54, 1.807) is 7.11 Å². The fourth-order valence-electron chi connectivity index (χ4n) is 4.71. The molecule has 146 valence electrons. The van der Waals surface area contributed by atoms with Crippen molar-refractivity contribution in [2.75, 3.05) is 25.1 Å². The largest absolute Gasteiger partial charge is 0.501 e. The van der Waals surface area contributed by atoms with Crippen LogP contribution < -0.4 is 10.2 Å². The Balaban J connectivity index is 1.79. The van der Waals surface area contributed by atoms with Crippen molar-refractivity contribution in [1.82, 2.24) is 15.3 Å². The Hall–Kier alpha value is -1.88. The maximum absolute atomic E-state index is 5.42. The lowest BCUT2D eigenvalue weighted by atomic mass is 9.94. The topological polar surface area (TPSA) is 50.3 Å². The molecule has 2 atom stereocenters. The molecule has 1 fully saturated rings.